The lowest BCUT2D eigenvalue weighted by Crippen LogP contribution is -2.26. The number of rotatable bonds is 11. The molecule has 2 aliphatic rings. The summed E-state index contributed by atoms with van der Waals surface area (Å²) in [4.78, 5) is 0. The normalized spacial score (nSPS) is 26.2. The summed E-state index contributed by atoms with van der Waals surface area (Å²) in [6.45, 7) is -1.15. The zero-order valence-electron chi connectivity index (χ0n) is 20.0. The Morgan fingerprint density at radius 3 is 1.91 bits per heavy atom. The first-order valence-corrected chi connectivity index (χ1v) is 13.0. The molecule has 3 rings (SSSR count). The molecule has 1 aromatic carbocycles. The van der Waals surface area contributed by atoms with E-state index in [1.807, 2.05) is 0 Å². The molecule has 1 nitrogen and oxygen atoms in total. The highest BCUT2D eigenvalue weighted by atomic mass is 19.3. The van der Waals surface area contributed by atoms with Crippen LogP contribution in [0.3, 0.4) is 0 Å². The monoisotopic (exact) mass is 468 g/mol. The largest absolute Gasteiger partial charge is 0.429 e. The fraction of sp³-hybridized carbons (Fsp3) is 0.714. The smallest absolute Gasteiger partial charge is 0.387 e. The molecule has 33 heavy (non-hydrogen) atoms. The Bertz CT molecular complexity index is 708. The van der Waals surface area contributed by atoms with Gasteiger partial charge in [-0.2, -0.15) is 8.78 Å². The summed E-state index contributed by atoms with van der Waals surface area (Å²) >= 11 is 0. The van der Waals surface area contributed by atoms with Crippen LogP contribution in [0, 0.1) is 35.3 Å². The van der Waals surface area contributed by atoms with E-state index in [4.69, 9.17) is 0 Å². The lowest BCUT2D eigenvalue weighted by atomic mass is 9.68. The van der Waals surface area contributed by atoms with Crippen LogP contribution in [-0.4, -0.2) is 6.61 Å². The molecule has 0 heterocycles. The Balaban J connectivity index is 1.34. The van der Waals surface area contributed by atoms with E-state index in [1.165, 1.54) is 77.0 Å². The molecule has 0 aromatic heterocycles. The van der Waals surface area contributed by atoms with Crippen molar-refractivity contribution in [3.63, 3.8) is 0 Å². The maximum Gasteiger partial charge on any atom is 0.387 e. The van der Waals surface area contributed by atoms with Crippen LogP contribution in [0.1, 0.15) is 96.0 Å². The Labute approximate surface area is 197 Å². The van der Waals surface area contributed by atoms with Crippen molar-refractivity contribution >= 4 is 0 Å². The summed E-state index contributed by atoms with van der Waals surface area (Å²) in [5.41, 5.74) is 0.512. The summed E-state index contributed by atoms with van der Waals surface area (Å²) in [6.07, 6.45) is 21.7. The van der Waals surface area contributed by atoms with Crippen LogP contribution in [-0.2, 0) is 6.42 Å². The van der Waals surface area contributed by atoms with Crippen LogP contribution in [0.15, 0.2) is 24.3 Å². The van der Waals surface area contributed by atoms with Gasteiger partial charge in [0, 0.05) is 0 Å². The minimum atomic E-state index is -3.24. The van der Waals surface area contributed by atoms with E-state index < -0.39 is 24.0 Å². The molecule has 2 fully saturated rings. The standard InChI is InChI=1S/C28H40F4O/c1-2-3-4-5-6-7-20-10-14-23(15-11-20)24-16-12-21(13-17-24)8-9-22-18-25(29)27(26(30)19-22)33-28(31)32/h2-3,18-21,23-24,28H,4-17H2,1H3/b3-2+/t20-,21-,23-,24-. The van der Waals surface area contributed by atoms with Gasteiger partial charge < -0.3 is 4.74 Å². The highest BCUT2D eigenvalue weighted by molar-refractivity contribution is 5.31. The van der Waals surface area contributed by atoms with Crippen LogP contribution >= 0.6 is 0 Å². The molecule has 0 amide bonds. The van der Waals surface area contributed by atoms with Gasteiger partial charge in [-0.25, -0.2) is 8.78 Å². The molecule has 2 saturated carbocycles. The molecule has 186 valence electrons. The quantitative estimate of drug-likeness (QED) is 0.179. The molecular weight excluding hydrogens is 428 g/mol. The third-order valence-corrected chi connectivity index (χ3v) is 8.02. The van der Waals surface area contributed by atoms with E-state index in [0.29, 0.717) is 17.9 Å². The molecule has 0 N–H and O–H groups in total. The number of ether oxygens (including phenoxy) is 1. The van der Waals surface area contributed by atoms with Gasteiger partial charge in [0.1, 0.15) is 0 Å². The van der Waals surface area contributed by atoms with Crippen LogP contribution in [0.5, 0.6) is 5.75 Å². The van der Waals surface area contributed by atoms with Crippen molar-refractivity contribution < 1.29 is 22.3 Å². The van der Waals surface area contributed by atoms with Gasteiger partial charge in [0.15, 0.2) is 17.4 Å². The van der Waals surface area contributed by atoms with Gasteiger partial charge in [-0.1, -0.05) is 50.7 Å². The second-order valence-corrected chi connectivity index (χ2v) is 10.2. The summed E-state index contributed by atoms with van der Waals surface area (Å²) in [5, 5.41) is 0. The zero-order chi connectivity index (χ0) is 23.6. The van der Waals surface area contributed by atoms with Gasteiger partial charge in [-0.15, -0.1) is 0 Å². The first kappa shape index (κ1) is 26.1. The highest BCUT2D eigenvalue weighted by Gasteiger charge is 2.30. The lowest BCUT2D eigenvalue weighted by Gasteiger charge is -2.38. The Morgan fingerprint density at radius 1 is 0.848 bits per heavy atom. The third kappa shape index (κ3) is 8.33. The van der Waals surface area contributed by atoms with E-state index in [2.05, 4.69) is 23.8 Å². The molecule has 0 aliphatic heterocycles. The van der Waals surface area contributed by atoms with E-state index in [-0.39, 0.29) is 0 Å². The average Bonchev–Trinajstić information content (AvgIpc) is 2.81. The second kappa shape index (κ2) is 13.4. The van der Waals surface area contributed by atoms with Crippen molar-refractivity contribution in [2.45, 2.75) is 103 Å². The molecule has 1 aromatic rings. The molecule has 0 unspecified atom stereocenters. The molecular formula is C28H40F4O. The Kier molecular flexibility index (Phi) is 10.6. The predicted molar refractivity (Wildman–Crippen MR) is 125 cm³/mol. The minimum absolute atomic E-state index is 0.512. The molecule has 0 atom stereocenters. The molecule has 0 radical (unpaired) electrons. The first-order chi connectivity index (χ1) is 16.0. The molecule has 2 aliphatic carbocycles. The summed E-state index contributed by atoms with van der Waals surface area (Å²) in [6, 6.07) is 2.26. The van der Waals surface area contributed by atoms with Gasteiger partial charge >= 0.3 is 6.61 Å². The first-order valence-electron chi connectivity index (χ1n) is 13.0. The maximum atomic E-state index is 13.9. The molecule has 0 saturated heterocycles. The summed E-state index contributed by atoms with van der Waals surface area (Å²) in [7, 11) is 0. The number of halogens is 4. The maximum absolute atomic E-state index is 13.9. The number of hydrogen-bond donors (Lipinski definition) is 0. The molecule has 0 spiro atoms. The number of unbranched alkanes of at least 4 members (excludes halogenated alkanes) is 2. The summed E-state index contributed by atoms with van der Waals surface area (Å²) in [5.74, 6) is 0.148. The topological polar surface area (TPSA) is 9.23 Å². The van der Waals surface area contributed by atoms with Crippen molar-refractivity contribution in [3.8, 4) is 5.75 Å². The van der Waals surface area contributed by atoms with Crippen LogP contribution in [0.25, 0.3) is 0 Å². The predicted octanol–water partition coefficient (Wildman–Crippen LogP) is 9.25. The van der Waals surface area contributed by atoms with Crippen molar-refractivity contribution in [1.29, 1.82) is 0 Å². The third-order valence-electron chi connectivity index (χ3n) is 8.02. The highest BCUT2D eigenvalue weighted by Crippen LogP contribution is 2.43. The molecule has 0 bridgehead atoms. The number of hydrogen-bond acceptors (Lipinski definition) is 1. The number of alkyl halides is 2. The second-order valence-electron chi connectivity index (χ2n) is 10.2. The SMILES string of the molecule is C/C=C/CCCC[C@H]1CC[C@H]([C@H]2CC[C@H](CCc3cc(F)c(OC(F)F)c(F)c3)CC2)CC1. The number of allylic oxidation sites excluding steroid dienone is 2. The van der Waals surface area contributed by atoms with Gasteiger partial charge in [-0.3, -0.25) is 0 Å². The van der Waals surface area contributed by atoms with E-state index >= 15 is 0 Å². The minimum Gasteiger partial charge on any atom is -0.429 e. The van der Waals surface area contributed by atoms with Crippen molar-refractivity contribution in [3.05, 3.63) is 41.5 Å². The van der Waals surface area contributed by atoms with Crippen LogP contribution in [0.4, 0.5) is 17.6 Å². The molecule has 5 heteroatoms. The Hall–Kier alpha value is -1.52. The van der Waals surface area contributed by atoms with E-state index in [9.17, 15) is 17.6 Å². The van der Waals surface area contributed by atoms with Gasteiger partial charge in [0.05, 0.1) is 0 Å². The van der Waals surface area contributed by atoms with Crippen molar-refractivity contribution in [2.75, 3.05) is 0 Å². The van der Waals surface area contributed by atoms with Crippen molar-refractivity contribution in [2.24, 2.45) is 23.7 Å². The van der Waals surface area contributed by atoms with Crippen LogP contribution in [0.2, 0.25) is 0 Å². The van der Waals surface area contributed by atoms with Gasteiger partial charge in [-0.05, 0) is 99.7 Å². The van der Waals surface area contributed by atoms with Gasteiger partial charge in [0.25, 0.3) is 0 Å². The fourth-order valence-electron chi connectivity index (χ4n) is 6.09. The number of aryl methyl sites for hydroxylation is 1. The van der Waals surface area contributed by atoms with Crippen LogP contribution < -0.4 is 4.74 Å². The Morgan fingerprint density at radius 2 is 1.39 bits per heavy atom. The number of benzene rings is 1. The van der Waals surface area contributed by atoms with Crippen molar-refractivity contribution in [1.82, 2.24) is 0 Å². The summed E-state index contributed by atoms with van der Waals surface area (Å²) < 4.78 is 56.4. The van der Waals surface area contributed by atoms with E-state index in [1.54, 1.807) is 0 Å². The zero-order valence-corrected chi connectivity index (χ0v) is 20.0. The van der Waals surface area contributed by atoms with E-state index in [0.717, 1.165) is 36.3 Å². The average molecular weight is 469 g/mol. The fourth-order valence-corrected chi connectivity index (χ4v) is 6.09. The van der Waals surface area contributed by atoms with Gasteiger partial charge in [0.2, 0.25) is 0 Å². The lowest BCUT2D eigenvalue weighted by molar-refractivity contribution is -0.0546.